The van der Waals surface area contributed by atoms with Gasteiger partial charge in [-0.05, 0) is 5.92 Å². The van der Waals surface area contributed by atoms with Crippen LogP contribution in [0.25, 0.3) is 0 Å². The number of H-pyrrole nitrogens is 1. The number of carboxylic acids is 1. The van der Waals surface area contributed by atoms with Crippen molar-refractivity contribution in [2.24, 2.45) is 11.8 Å². The molecule has 1 saturated heterocycles. The Bertz CT molecular complexity index is 403. The minimum Gasteiger partial charge on any atom is -0.481 e. The van der Waals surface area contributed by atoms with Crippen molar-refractivity contribution < 1.29 is 14.7 Å². The first kappa shape index (κ1) is 10.6. The Labute approximate surface area is 91.4 Å². The second-order valence-electron chi connectivity index (χ2n) is 3.99. The number of likely N-dealkylation sites (tertiary alicyclic amines) is 1. The third kappa shape index (κ3) is 1.75. The fourth-order valence-corrected chi connectivity index (χ4v) is 1.92. The lowest BCUT2D eigenvalue weighted by Gasteiger charge is -2.13. The summed E-state index contributed by atoms with van der Waals surface area (Å²) >= 11 is 0. The minimum absolute atomic E-state index is 0.0339. The highest BCUT2D eigenvalue weighted by molar-refractivity contribution is 5.92. The zero-order valence-corrected chi connectivity index (χ0v) is 8.75. The largest absolute Gasteiger partial charge is 0.481 e. The van der Waals surface area contributed by atoms with E-state index < -0.39 is 11.9 Å². The number of aliphatic carboxylic acids is 1. The van der Waals surface area contributed by atoms with Crippen LogP contribution in [0.5, 0.6) is 0 Å². The van der Waals surface area contributed by atoms with Crippen LogP contribution in [0.4, 0.5) is 0 Å². The van der Waals surface area contributed by atoms with E-state index in [1.807, 2.05) is 6.92 Å². The fraction of sp³-hybridized carbons (Fsp3) is 0.556. The average molecular weight is 224 g/mol. The van der Waals surface area contributed by atoms with Gasteiger partial charge < -0.3 is 10.0 Å². The standard InChI is InChI=1S/C9H12N4O3/c1-5-3-13(4-6(5)9(15)16)8(14)7-2-10-12-11-7/h2,5-6H,3-4H2,1H3,(H,15,16)(H,10,11,12)/t5-,6-/m1/s1. The number of hydrogen-bond donors (Lipinski definition) is 2. The molecule has 7 nitrogen and oxygen atoms in total. The first-order valence-electron chi connectivity index (χ1n) is 4.97. The summed E-state index contributed by atoms with van der Waals surface area (Å²) in [7, 11) is 0. The SMILES string of the molecule is C[C@@H]1CN(C(=O)c2cn[nH]n2)C[C@H]1C(=O)O. The minimum atomic E-state index is -0.858. The molecule has 2 N–H and O–H groups in total. The van der Waals surface area contributed by atoms with E-state index in [4.69, 9.17) is 5.11 Å². The van der Waals surface area contributed by atoms with Gasteiger partial charge in [0.15, 0.2) is 5.69 Å². The molecule has 1 aliphatic heterocycles. The third-order valence-electron chi connectivity index (χ3n) is 2.85. The number of nitrogens with one attached hydrogen (secondary N) is 1. The molecule has 0 spiro atoms. The lowest BCUT2D eigenvalue weighted by Crippen LogP contribution is -2.30. The van der Waals surface area contributed by atoms with Crippen LogP contribution in [0, 0.1) is 11.8 Å². The van der Waals surface area contributed by atoms with Gasteiger partial charge in [0.2, 0.25) is 0 Å². The van der Waals surface area contributed by atoms with Gasteiger partial charge in [0, 0.05) is 13.1 Å². The van der Waals surface area contributed by atoms with Crippen LogP contribution in [0.15, 0.2) is 6.20 Å². The second-order valence-corrected chi connectivity index (χ2v) is 3.99. The van der Waals surface area contributed by atoms with E-state index >= 15 is 0 Å². The summed E-state index contributed by atoms with van der Waals surface area (Å²) in [6.45, 7) is 2.51. The molecule has 0 unspecified atom stereocenters. The van der Waals surface area contributed by atoms with E-state index in [2.05, 4.69) is 15.4 Å². The number of rotatable bonds is 2. The second kappa shape index (κ2) is 3.92. The lowest BCUT2D eigenvalue weighted by atomic mass is 9.99. The number of carboxylic acid groups (broad SMARTS) is 1. The molecule has 1 fully saturated rings. The van der Waals surface area contributed by atoms with Gasteiger partial charge in [-0.1, -0.05) is 6.92 Å². The maximum Gasteiger partial charge on any atom is 0.308 e. The zero-order valence-electron chi connectivity index (χ0n) is 8.75. The number of aromatic amines is 1. The molecule has 0 bridgehead atoms. The van der Waals surface area contributed by atoms with Crippen molar-refractivity contribution in [3.63, 3.8) is 0 Å². The number of aromatic nitrogens is 3. The highest BCUT2D eigenvalue weighted by Gasteiger charge is 2.37. The van der Waals surface area contributed by atoms with Crippen molar-refractivity contribution in [3.05, 3.63) is 11.9 Å². The molecule has 0 aliphatic carbocycles. The molecule has 1 aromatic rings. The normalized spacial score (nSPS) is 24.7. The van der Waals surface area contributed by atoms with Crippen molar-refractivity contribution >= 4 is 11.9 Å². The summed E-state index contributed by atoms with van der Waals surface area (Å²) in [5, 5.41) is 18.5. The summed E-state index contributed by atoms with van der Waals surface area (Å²) < 4.78 is 0. The Morgan fingerprint density at radius 3 is 2.81 bits per heavy atom. The molecule has 16 heavy (non-hydrogen) atoms. The van der Waals surface area contributed by atoms with E-state index in [1.165, 1.54) is 11.1 Å². The van der Waals surface area contributed by atoms with E-state index in [1.54, 1.807) is 0 Å². The summed E-state index contributed by atoms with van der Waals surface area (Å²) in [5.74, 6) is -1.66. The summed E-state index contributed by atoms with van der Waals surface area (Å²) in [5.41, 5.74) is 0.221. The lowest BCUT2D eigenvalue weighted by molar-refractivity contribution is -0.142. The van der Waals surface area contributed by atoms with Gasteiger partial charge in [-0.3, -0.25) is 9.59 Å². The van der Waals surface area contributed by atoms with E-state index in [0.717, 1.165) is 0 Å². The van der Waals surface area contributed by atoms with Gasteiger partial charge in [-0.2, -0.15) is 15.4 Å². The monoisotopic (exact) mass is 224 g/mol. The third-order valence-corrected chi connectivity index (χ3v) is 2.85. The molecule has 0 radical (unpaired) electrons. The highest BCUT2D eigenvalue weighted by atomic mass is 16.4. The summed E-state index contributed by atoms with van der Waals surface area (Å²) in [6.07, 6.45) is 1.33. The highest BCUT2D eigenvalue weighted by Crippen LogP contribution is 2.24. The van der Waals surface area contributed by atoms with E-state index in [0.29, 0.717) is 6.54 Å². The van der Waals surface area contributed by atoms with E-state index in [-0.39, 0.29) is 24.1 Å². The van der Waals surface area contributed by atoms with Crippen LogP contribution in [-0.2, 0) is 4.79 Å². The quantitative estimate of drug-likeness (QED) is 0.711. The smallest absolute Gasteiger partial charge is 0.308 e. The molecule has 1 aliphatic rings. The molecular weight excluding hydrogens is 212 g/mol. The molecule has 1 amide bonds. The molecule has 0 aromatic carbocycles. The van der Waals surface area contributed by atoms with E-state index in [9.17, 15) is 9.59 Å². The number of carbonyl (C=O) groups excluding carboxylic acids is 1. The van der Waals surface area contributed by atoms with Gasteiger partial charge >= 0.3 is 5.97 Å². The van der Waals surface area contributed by atoms with Crippen LogP contribution in [0.3, 0.4) is 0 Å². The number of amides is 1. The van der Waals surface area contributed by atoms with Crippen LogP contribution in [0.1, 0.15) is 17.4 Å². The van der Waals surface area contributed by atoms with Gasteiger partial charge in [-0.25, -0.2) is 0 Å². The van der Waals surface area contributed by atoms with Crippen LogP contribution < -0.4 is 0 Å². The van der Waals surface area contributed by atoms with Crippen molar-refractivity contribution in [2.75, 3.05) is 13.1 Å². The Morgan fingerprint density at radius 2 is 2.31 bits per heavy atom. The fourth-order valence-electron chi connectivity index (χ4n) is 1.92. The molecule has 86 valence electrons. The Hall–Kier alpha value is -1.92. The number of hydrogen-bond acceptors (Lipinski definition) is 4. The summed E-state index contributed by atoms with van der Waals surface area (Å²) in [4.78, 5) is 24.2. The molecule has 2 rings (SSSR count). The van der Waals surface area contributed by atoms with Gasteiger partial charge in [0.25, 0.3) is 5.91 Å². The molecule has 7 heteroatoms. The topological polar surface area (TPSA) is 99.2 Å². The molecular formula is C9H12N4O3. The van der Waals surface area contributed by atoms with Crippen LogP contribution in [-0.4, -0.2) is 50.4 Å². The molecule has 2 atom stereocenters. The van der Waals surface area contributed by atoms with Crippen molar-refractivity contribution in [1.29, 1.82) is 0 Å². The Morgan fingerprint density at radius 1 is 1.56 bits per heavy atom. The van der Waals surface area contributed by atoms with Crippen LogP contribution in [0.2, 0.25) is 0 Å². The Balaban J connectivity index is 2.09. The average Bonchev–Trinajstić information content (AvgIpc) is 2.84. The van der Waals surface area contributed by atoms with Crippen molar-refractivity contribution in [3.8, 4) is 0 Å². The first-order valence-corrected chi connectivity index (χ1v) is 4.97. The van der Waals surface area contributed by atoms with Gasteiger partial charge in [0.1, 0.15) is 0 Å². The first-order chi connectivity index (χ1) is 7.59. The van der Waals surface area contributed by atoms with Crippen molar-refractivity contribution in [2.45, 2.75) is 6.92 Å². The molecule has 1 aromatic heterocycles. The van der Waals surface area contributed by atoms with Gasteiger partial charge in [-0.15, -0.1) is 0 Å². The molecule has 0 saturated carbocycles. The Kier molecular flexibility index (Phi) is 2.59. The van der Waals surface area contributed by atoms with Crippen molar-refractivity contribution in [1.82, 2.24) is 20.3 Å². The number of nitrogens with zero attached hydrogens (tertiary/aromatic N) is 3. The molecule has 2 heterocycles. The predicted octanol–water partition coefficient (Wildman–Crippen LogP) is -0.403. The summed E-state index contributed by atoms with van der Waals surface area (Å²) in [6, 6.07) is 0. The zero-order chi connectivity index (χ0) is 11.7. The predicted molar refractivity (Wildman–Crippen MR) is 52.6 cm³/mol. The van der Waals surface area contributed by atoms with Crippen LogP contribution >= 0.6 is 0 Å². The van der Waals surface area contributed by atoms with Gasteiger partial charge in [0.05, 0.1) is 12.1 Å². The maximum atomic E-state index is 11.8. The maximum absolute atomic E-state index is 11.8. The number of carbonyl (C=O) groups is 2.